The van der Waals surface area contributed by atoms with Crippen molar-refractivity contribution in [3.05, 3.63) is 29.8 Å². The fourth-order valence-electron chi connectivity index (χ4n) is 1.67. The third kappa shape index (κ3) is 7.68. The van der Waals surface area contributed by atoms with E-state index >= 15 is 0 Å². The van der Waals surface area contributed by atoms with Gasteiger partial charge in [0.2, 0.25) is 0 Å². The summed E-state index contributed by atoms with van der Waals surface area (Å²) >= 11 is 0. The van der Waals surface area contributed by atoms with E-state index in [2.05, 4.69) is 5.16 Å². The van der Waals surface area contributed by atoms with E-state index < -0.39 is 6.10 Å². The third-order valence-electron chi connectivity index (χ3n) is 2.93. The van der Waals surface area contributed by atoms with E-state index in [-0.39, 0.29) is 19.3 Å². The van der Waals surface area contributed by atoms with E-state index in [1.54, 1.807) is 6.92 Å². The minimum Gasteiger partial charge on any atom is -0.491 e. The van der Waals surface area contributed by atoms with Crippen LogP contribution in [0, 0.1) is 0 Å². The van der Waals surface area contributed by atoms with E-state index in [4.69, 9.17) is 14.7 Å². The van der Waals surface area contributed by atoms with Gasteiger partial charge in [-0.15, -0.1) is 0 Å². The van der Waals surface area contributed by atoms with Crippen LogP contribution in [0.25, 0.3) is 0 Å². The second kappa shape index (κ2) is 9.37. The predicted octanol–water partition coefficient (Wildman–Crippen LogP) is 2.63. The molecule has 1 rings (SSSR count). The second-order valence-corrected chi connectivity index (χ2v) is 5.33. The molecule has 2 N–H and O–H groups in total. The number of benzene rings is 1. The molecule has 5 heteroatoms. The Balaban J connectivity index is 2.33. The lowest BCUT2D eigenvalue weighted by molar-refractivity contribution is -0.0122. The molecule has 0 spiro atoms. The molecule has 118 valence electrons. The molecule has 0 saturated carbocycles. The highest BCUT2D eigenvalue weighted by Gasteiger charge is 2.07. The van der Waals surface area contributed by atoms with Crippen molar-refractivity contribution in [2.24, 2.45) is 5.16 Å². The van der Waals surface area contributed by atoms with Gasteiger partial charge in [-0.1, -0.05) is 17.3 Å². The van der Waals surface area contributed by atoms with Gasteiger partial charge in [-0.05, 0) is 51.3 Å². The van der Waals surface area contributed by atoms with Gasteiger partial charge in [-0.25, -0.2) is 0 Å². The van der Waals surface area contributed by atoms with Crippen LogP contribution in [-0.4, -0.2) is 41.4 Å². The number of aliphatic hydroxyl groups excluding tert-OH is 1. The van der Waals surface area contributed by atoms with Crippen LogP contribution in [0.3, 0.4) is 0 Å². The minimum atomic E-state index is -0.629. The van der Waals surface area contributed by atoms with E-state index in [0.717, 1.165) is 24.2 Å². The van der Waals surface area contributed by atoms with Gasteiger partial charge >= 0.3 is 0 Å². The van der Waals surface area contributed by atoms with Crippen LogP contribution in [0.1, 0.15) is 32.8 Å². The summed E-state index contributed by atoms with van der Waals surface area (Å²) < 4.78 is 10.8. The standard InChI is InChI=1S/C16H25NO4/c1-12(2)20-10-15(18)11-21-16-8-6-14(7-9-16)5-4-13(3)17-19/h6-9,12,15,18-19H,4-5,10-11H2,1-3H3. The highest BCUT2D eigenvalue weighted by molar-refractivity contribution is 5.81. The average Bonchev–Trinajstić information content (AvgIpc) is 2.49. The minimum absolute atomic E-state index is 0.102. The van der Waals surface area contributed by atoms with Crippen LogP contribution >= 0.6 is 0 Å². The zero-order valence-corrected chi connectivity index (χ0v) is 13.0. The Labute approximate surface area is 126 Å². The molecule has 0 bridgehead atoms. The second-order valence-electron chi connectivity index (χ2n) is 5.33. The molecule has 0 aliphatic carbocycles. The molecule has 21 heavy (non-hydrogen) atoms. The predicted molar refractivity (Wildman–Crippen MR) is 82.2 cm³/mol. The Morgan fingerprint density at radius 3 is 2.43 bits per heavy atom. The topological polar surface area (TPSA) is 71.3 Å². The van der Waals surface area contributed by atoms with Crippen molar-refractivity contribution < 1.29 is 19.8 Å². The molecule has 1 aromatic rings. The number of hydrogen-bond acceptors (Lipinski definition) is 5. The molecule has 1 atom stereocenters. The fourth-order valence-corrected chi connectivity index (χ4v) is 1.67. The van der Waals surface area contributed by atoms with Crippen molar-refractivity contribution in [3.63, 3.8) is 0 Å². The zero-order valence-electron chi connectivity index (χ0n) is 13.0. The van der Waals surface area contributed by atoms with Crippen molar-refractivity contribution in [3.8, 4) is 5.75 Å². The number of nitrogens with zero attached hydrogens (tertiary/aromatic N) is 1. The summed E-state index contributed by atoms with van der Waals surface area (Å²) in [6.07, 6.45) is 1.02. The molecule has 1 unspecified atom stereocenters. The summed E-state index contributed by atoms with van der Waals surface area (Å²) in [5.74, 6) is 0.717. The quantitative estimate of drug-likeness (QED) is 0.417. The van der Waals surface area contributed by atoms with Crippen LogP contribution in [0.2, 0.25) is 0 Å². The Morgan fingerprint density at radius 2 is 1.86 bits per heavy atom. The van der Waals surface area contributed by atoms with Gasteiger partial charge in [0.05, 0.1) is 18.4 Å². The van der Waals surface area contributed by atoms with Crippen LogP contribution in [0.4, 0.5) is 0 Å². The lowest BCUT2D eigenvalue weighted by Gasteiger charge is -2.14. The highest BCUT2D eigenvalue weighted by Crippen LogP contribution is 2.14. The van der Waals surface area contributed by atoms with Gasteiger partial charge < -0.3 is 19.8 Å². The maximum absolute atomic E-state index is 9.70. The van der Waals surface area contributed by atoms with Gasteiger partial charge in [0.25, 0.3) is 0 Å². The van der Waals surface area contributed by atoms with Gasteiger partial charge in [-0.2, -0.15) is 0 Å². The van der Waals surface area contributed by atoms with Gasteiger partial charge in [0.1, 0.15) is 18.5 Å². The Kier molecular flexibility index (Phi) is 7.79. The first-order chi connectivity index (χ1) is 10.0. The van der Waals surface area contributed by atoms with Crippen LogP contribution in [0.5, 0.6) is 5.75 Å². The van der Waals surface area contributed by atoms with Gasteiger partial charge in [0, 0.05) is 0 Å². The van der Waals surface area contributed by atoms with Crippen molar-refractivity contribution >= 4 is 5.71 Å². The molecular weight excluding hydrogens is 270 g/mol. The number of oxime groups is 1. The molecule has 0 fully saturated rings. The molecule has 5 nitrogen and oxygen atoms in total. The van der Waals surface area contributed by atoms with E-state index in [1.165, 1.54) is 0 Å². The largest absolute Gasteiger partial charge is 0.491 e. The molecule has 1 aromatic carbocycles. The molecule has 0 radical (unpaired) electrons. The van der Waals surface area contributed by atoms with Gasteiger partial charge in [-0.3, -0.25) is 0 Å². The molecule has 0 saturated heterocycles. The fraction of sp³-hybridized carbons (Fsp3) is 0.562. The van der Waals surface area contributed by atoms with Crippen LogP contribution in [-0.2, 0) is 11.2 Å². The molecule has 0 heterocycles. The molecule has 0 amide bonds. The first-order valence-electron chi connectivity index (χ1n) is 7.20. The monoisotopic (exact) mass is 295 g/mol. The molecule has 0 aliphatic rings. The molecule has 0 aliphatic heterocycles. The van der Waals surface area contributed by atoms with Crippen molar-refractivity contribution in [2.75, 3.05) is 13.2 Å². The summed E-state index contributed by atoms with van der Waals surface area (Å²) in [7, 11) is 0. The van der Waals surface area contributed by atoms with Crippen molar-refractivity contribution in [1.29, 1.82) is 0 Å². The molecule has 0 aromatic heterocycles. The Bertz CT molecular complexity index is 428. The summed E-state index contributed by atoms with van der Waals surface area (Å²) in [5, 5.41) is 21.4. The maximum Gasteiger partial charge on any atom is 0.119 e. The van der Waals surface area contributed by atoms with Crippen molar-refractivity contribution in [1.82, 2.24) is 0 Å². The van der Waals surface area contributed by atoms with E-state index in [9.17, 15) is 5.11 Å². The van der Waals surface area contributed by atoms with E-state index in [0.29, 0.717) is 5.71 Å². The van der Waals surface area contributed by atoms with E-state index in [1.807, 2.05) is 38.1 Å². The summed E-state index contributed by atoms with van der Waals surface area (Å²) in [6.45, 7) is 6.13. The smallest absolute Gasteiger partial charge is 0.119 e. The number of aryl methyl sites for hydroxylation is 1. The van der Waals surface area contributed by atoms with Gasteiger partial charge in [0.15, 0.2) is 0 Å². The number of hydrogen-bond donors (Lipinski definition) is 2. The maximum atomic E-state index is 9.70. The normalized spacial score (nSPS) is 13.5. The van der Waals surface area contributed by atoms with Crippen LogP contribution in [0.15, 0.2) is 29.4 Å². The SMILES string of the molecule is CC(CCc1ccc(OCC(O)COC(C)C)cc1)=NO. The Hall–Kier alpha value is -1.59. The van der Waals surface area contributed by atoms with Crippen molar-refractivity contribution in [2.45, 2.75) is 45.8 Å². The summed E-state index contributed by atoms with van der Waals surface area (Å²) in [4.78, 5) is 0. The third-order valence-corrected chi connectivity index (χ3v) is 2.93. The first kappa shape index (κ1) is 17.5. The number of rotatable bonds is 9. The number of aliphatic hydroxyl groups is 1. The summed E-state index contributed by atoms with van der Waals surface area (Å²) in [5.41, 5.74) is 1.86. The van der Waals surface area contributed by atoms with Crippen LogP contribution < -0.4 is 4.74 Å². The lowest BCUT2D eigenvalue weighted by Crippen LogP contribution is -2.25. The highest BCUT2D eigenvalue weighted by atomic mass is 16.5. The number of ether oxygens (including phenoxy) is 2. The summed E-state index contributed by atoms with van der Waals surface area (Å²) in [6, 6.07) is 7.68. The first-order valence-corrected chi connectivity index (χ1v) is 7.20. The average molecular weight is 295 g/mol. The lowest BCUT2D eigenvalue weighted by atomic mass is 10.1. The Morgan fingerprint density at radius 1 is 1.19 bits per heavy atom. The zero-order chi connectivity index (χ0) is 15.7. The molecular formula is C16H25NO4.